The van der Waals surface area contributed by atoms with Crippen molar-refractivity contribution in [2.75, 3.05) is 21.3 Å². The monoisotopic (exact) mass is 340 g/mol. The zero-order valence-electron chi connectivity index (χ0n) is 13.9. The molecule has 0 fully saturated rings. The van der Waals surface area contributed by atoms with E-state index in [1.807, 2.05) is 0 Å². The number of methoxy groups -OCH3 is 3. The number of fused-ring (bicyclic) bond motifs is 1. The van der Waals surface area contributed by atoms with Gasteiger partial charge < -0.3 is 18.9 Å². The van der Waals surface area contributed by atoms with Crippen LogP contribution in [0.1, 0.15) is 17.0 Å². The second-order valence-electron chi connectivity index (χ2n) is 5.28. The molecule has 1 aromatic carbocycles. The zero-order valence-corrected chi connectivity index (χ0v) is 13.9. The maximum Gasteiger partial charge on any atom is 0.319 e. The fourth-order valence-corrected chi connectivity index (χ4v) is 2.82. The average molecular weight is 340 g/mol. The van der Waals surface area contributed by atoms with Gasteiger partial charge in [-0.15, -0.1) is 0 Å². The van der Waals surface area contributed by atoms with Crippen molar-refractivity contribution in [2.45, 2.75) is 5.92 Å². The normalized spacial score (nSPS) is 18.6. The van der Waals surface area contributed by atoms with Gasteiger partial charge in [0.2, 0.25) is 11.8 Å². The number of benzene rings is 1. The van der Waals surface area contributed by atoms with Crippen molar-refractivity contribution in [3.05, 3.63) is 35.5 Å². The number of nitrogens with zero attached hydrogens (tertiary/aromatic N) is 3. The van der Waals surface area contributed by atoms with E-state index < -0.39 is 11.8 Å². The molecule has 2 aromatic rings. The molecule has 8 heteroatoms. The predicted octanol–water partition coefficient (Wildman–Crippen LogP) is 2.14. The molecule has 1 N–H and O–H groups in total. The van der Waals surface area contributed by atoms with Crippen molar-refractivity contribution in [3.8, 4) is 29.5 Å². The lowest BCUT2D eigenvalue weighted by Crippen LogP contribution is -2.31. The third-order valence-corrected chi connectivity index (χ3v) is 4.00. The highest BCUT2D eigenvalue weighted by Gasteiger charge is 2.39. The first-order valence-corrected chi connectivity index (χ1v) is 7.41. The summed E-state index contributed by atoms with van der Waals surface area (Å²) in [7, 11) is 4.48. The van der Waals surface area contributed by atoms with E-state index in [0.717, 1.165) is 5.56 Å². The maximum atomic E-state index is 9.58. The molecule has 0 saturated carbocycles. The molecule has 0 amide bonds. The number of nitriles is 1. The molecule has 2 heterocycles. The van der Waals surface area contributed by atoms with Crippen LogP contribution in [-0.4, -0.2) is 37.2 Å². The van der Waals surface area contributed by atoms with E-state index in [4.69, 9.17) is 24.4 Å². The first-order valence-electron chi connectivity index (χ1n) is 7.41. The van der Waals surface area contributed by atoms with Crippen LogP contribution in [0.2, 0.25) is 0 Å². The highest BCUT2D eigenvalue weighted by Crippen LogP contribution is 2.45. The van der Waals surface area contributed by atoms with Gasteiger partial charge in [-0.25, -0.2) is 4.98 Å². The molecular weight excluding hydrogens is 324 g/mol. The number of ether oxygens (including phenoxy) is 4. The summed E-state index contributed by atoms with van der Waals surface area (Å²) in [6.07, 6.45) is 1.55. The lowest BCUT2D eigenvalue weighted by atomic mass is 9.80. The van der Waals surface area contributed by atoms with Gasteiger partial charge in [0, 0.05) is 29.3 Å². The molecule has 0 saturated heterocycles. The molecule has 1 aliphatic heterocycles. The topological polar surface area (TPSA) is 110 Å². The zero-order chi connectivity index (χ0) is 18.0. The van der Waals surface area contributed by atoms with E-state index in [9.17, 15) is 5.26 Å². The van der Waals surface area contributed by atoms with Gasteiger partial charge >= 0.3 is 6.01 Å². The summed E-state index contributed by atoms with van der Waals surface area (Å²) in [6, 6.07) is 7.55. The van der Waals surface area contributed by atoms with Crippen molar-refractivity contribution < 1.29 is 18.9 Å². The van der Waals surface area contributed by atoms with Crippen molar-refractivity contribution >= 4 is 5.90 Å². The molecule has 0 radical (unpaired) electrons. The molecule has 8 nitrogen and oxygen atoms in total. The first kappa shape index (κ1) is 16.5. The fourth-order valence-electron chi connectivity index (χ4n) is 2.82. The molecular formula is C17H16N4O4. The van der Waals surface area contributed by atoms with Crippen LogP contribution in [-0.2, 0) is 0 Å². The van der Waals surface area contributed by atoms with Gasteiger partial charge in [0.15, 0.2) is 0 Å². The molecule has 0 spiro atoms. The maximum absolute atomic E-state index is 9.58. The van der Waals surface area contributed by atoms with Crippen molar-refractivity contribution in [2.24, 2.45) is 5.92 Å². The minimum atomic E-state index is -0.827. The average Bonchev–Trinajstić information content (AvgIpc) is 2.65. The minimum Gasteiger partial charge on any atom is -0.497 e. The number of hydrogen-bond acceptors (Lipinski definition) is 8. The SMILES string of the molecule is COc1ccc2c(c1)OC(=N)C(C#N)C2c1cnc(OC)nc1OC. The summed E-state index contributed by atoms with van der Waals surface area (Å²) in [5.41, 5.74) is 1.31. The first-order chi connectivity index (χ1) is 12.1. The van der Waals surface area contributed by atoms with Gasteiger partial charge in [-0.3, -0.25) is 5.41 Å². The van der Waals surface area contributed by atoms with Gasteiger partial charge in [-0.05, 0) is 6.07 Å². The molecule has 0 bridgehead atoms. The summed E-state index contributed by atoms with van der Waals surface area (Å²) in [6.45, 7) is 0. The highest BCUT2D eigenvalue weighted by atomic mass is 16.5. The van der Waals surface area contributed by atoms with Crippen LogP contribution in [0.15, 0.2) is 24.4 Å². The van der Waals surface area contributed by atoms with E-state index >= 15 is 0 Å². The Kier molecular flexibility index (Phi) is 4.39. The fraction of sp³-hybridized carbons (Fsp3) is 0.294. The van der Waals surface area contributed by atoms with Crippen LogP contribution in [0.4, 0.5) is 0 Å². The summed E-state index contributed by atoms with van der Waals surface area (Å²) >= 11 is 0. The van der Waals surface area contributed by atoms with Crippen LogP contribution in [0, 0.1) is 22.7 Å². The summed E-state index contributed by atoms with van der Waals surface area (Å²) in [4.78, 5) is 8.31. The second-order valence-corrected chi connectivity index (χ2v) is 5.28. The Morgan fingerprint density at radius 3 is 2.60 bits per heavy atom. The largest absolute Gasteiger partial charge is 0.497 e. The quantitative estimate of drug-likeness (QED) is 0.907. The van der Waals surface area contributed by atoms with Crippen LogP contribution >= 0.6 is 0 Å². The lowest BCUT2D eigenvalue weighted by Gasteiger charge is -2.30. The number of aromatic nitrogens is 2. The van der Waals surface area contributed by atoms with E-state index in [1.165, 1.54) is 14.2 Å². The van der Waals surface area contributed by atoms with Crippen molar-refractivity contribution in [1.29, 1.82) is 10.7 Å². The van der Waals surface area contributed by atoms with Gasteiger partial charge in [0.25, 0.3) is 0 Å². The molecule has 2 atom stereocenters. The minimum absolute atomic E-state index is 0.147. The van der Waals surface area contributed by atoms with Crippen LogP contribution in [0.3, 0.4) is 0 Å². The molecule has 128 valence electrons. The van der Waals surface area contributed by atoms with E-state index in [2.05, 4.69) is 16.0 Å². The Hall–Kier alpha value is -3.34. The Morgan fingerprint density at radius 2 is 1.96 bits per heavy atom. The predicted molar refractivity (Wildman–Crippen MR) is 87.4 cm³/mol. The molecule has 1 aliphatic rings. The van der Waals surface area contributed by atoms with Gasteiger partial charge in [0.05, 0.1) is 27.4 Å². The highest BCUT2D eigenvalue weighted by molar-refractivity contribution is 5.85. The number of nitrogens with one attached hydrogen (secondary N) is 1. The Morgan fingerprint density at radius 1 is 1.16 bits per heavy atom. The molecule has 0 aliphatic carbocycles. The summed E-state index contributed by atoms with van der Waals surface area (Å²) in [5.74, 6) is -0.142. The van der Waals surface area contributed by atoms with E-state index in [0.29, 0.717) is 17.1 Å². The van der Waals surface area contributed by atoms with Crippen LogP contribution < -0.4 is 18.9 Å². The van der Waals surface area contributed by atoms with Gasteiger partial charge in [-0.2, -0.15) is 10.2 Å². The Bertz CT molecular complexity index is 862. The van der Waals surface area contributed by atoms with Gasteiger partial charge in [0.1, 0.15) is 17.4 Å². The van der Waals surface area contributed by atoms with E-state index in [1.54, 1.807) is 31.5 Å². The molecule has 2 unspecified atom stereocenters. The third kappa shape index (κ3) is 2.80. The smallest absolute Gasteiger partial charge is 0.319 e. The van der Waals surface area contributed by atoms with Gasteiger partial charge in [-0.1, -0.05) is 6.07 Å². The number of hydrogen-bond donors (Lipinski definition) is 1. The lowest BCUT2D eigenvalue weighted by molar-refractivity contribution is 0.344. The van der Waals surface area contributed by atoms with Crippen LogP contribution in [0.5, 0.6) is 23.4 Å². The van der Waals surface area contributed by atoms with Crippen LogP contribution in [0.25, 0.3) is 0 Å². The third-order valence-electron chi connectivity index (χ3n) is 4.00. The standard InChI is InChI=1S/C17H16N4O4/c1-22-9-4-5-10-13(6-9)25-15(19)11(7-18)14(10)12-8-20-17(24-3)21-16(12)23-2/h4-6,8,11,14,19H,1-3H3. The summed E-state index contributed by atoms with van der Waals surface area (Å²) in [5, 5.41) is 17.7. The second kappa shape index (κ2) is 6.65. The summed E-state index contributed by atoms with van der Waals surface area (Å²) < 4.78 is 21.1. The number of rotatable bonds is 4. The Balaban J connectivity index is 2.20. The molecule has 3 rings (SSSR count). The van der Waals surface area contributed by atoms with Crippen molar-refractivity contribution in [3.63, 3.8) is 0 Å². The molecule has 25 heavy (non-hydrogen) atoms. The molecule has 1 aromatic heterocycles. The van der Waals surface area contributed by atoms with E-state index in [-0.39, 0.29) is 17.8 Å². The van der Waals surface area contributed by atoms with Crippen molar-refractivity contribution in [1.82, 2.24) is 9.97 Å². The Labute approximate surface area is 144 Å².